The van der Waals surface area contributed by atoms with Crippen molar-refractivity contribution in [1.29, 1.82) is 0 Å². The molecule has 0 heterocycles. The Morgan fingerprint density at radius 3 is 2.28 bits per heavy atom. The van der Waals surface area contributed by atoms with Crippen molar-refractivity contribution in [1.82, 2.24) is 0 Å². The van der Waals surface area contributed by atoms with Gasteiger partial charge in [0.05, 0.1) is 0 Å². The Kier molecular flexibility index (Phi) is 4.82. The van der Waals surface area contributed by atoms with E-state index in [-0.39, 0.29) is 6.04 Å². The number of hydrogen-bond acceptors (Lipinski definition) is 1. The highest BCUT2D eigenvalue weighted by Crippen LogP contribution is 2.33. The maximum Gasteiger partial charge on any atom is 0.0320 e. The summed E-state index contributed by atoms with van der Waals surface area (Å²) in [5.41, 5.74) is 9.10. The molecule has 2 N–H and O–H groups in total. The fraction of sp³-hybridized carbons (Fsp3) is 0.647. The fourth-order valence-electron chi connectivity index (χ4n) is 3.01. The zero-order valence-corrected chi connectivity index (χ0v) is 11.9. The van der Waals surface area contributed by atoms with E-state index in [9.17, 15) is 0 Å². The molecule has 1 aliphatic rings. The van der Waals surface area contributed by atoms with Gasteiger partial charge in [-0.2, -0.15) is 0 Å². The van der Waals surface area contributed by atoms with Crippen LogP contribution in [0.3, 0.4) is 0 Å². The lowest BCUT2D eigenvalue weighted by molar-refractivity contribution is 0.442. The Labute approximate surface area is 112 Å². The molecule has 0 aromatic heterocycles. The van der Waals surface area contributed by atoms with Gasteiger partial charge in [-0.15, -0.1) is 0 Å². The summed E-state index contributed by atoms with van der Waals surface area (Å²) in [6, 6.07) is 9.32. The van der Waals surface area contributed by atoms with E-state index in [2.05, 4.69) is 38.1 Å². The molecule has 1 fully saturated rings. The fourth-order valence-corrected chi connectivity index (χ4v) is 3.01. The molecule has 1 aliphatic carbocycles. The maximum absolute atomic E-state index is 6.28. The molecule has 0 saturated heterocycles. The van der Waals surface area contributed by atoms with Crippen LogP contribution in [0.2, 0.25) is 0 Å². The Bertz CT molecular complexity index is 327. The van der Waals surface area contributed by atoms with Gasteiger partial charge in [0.25, 0.3) is 0 Å². The second kappa shape index (κ2) is 6.38. The van der Waals surface area contributed by atoms with Crippen molar-refractivity contribution in [3.63, 3.8) is 0 Å². The highest BCUT2D eigenvalue weighted by molar-refractivity contribution is 5.27. The highest BCUT2D eigenvalue weighted by Gasteiger charge is 2.17. The predicted molar refractivity (Wildman–Crippen MR) is 78.7 cm³/mol. The molecule has 0 radical (unpaired) electrons. The van der Waals surface area contributed by atoms with E-state index in [1.54, 1.807) is 0 Å². The van der Waals surface area contributed by atoms with Crippen LogP contribution >= 0.6 is 0 Å². The maximum atomic E-state index is 6.28. The summed E-state index contributed by atoms with van der Waals surface area (Å²) in [7, 11) is 0. The molecular formula is C17H27N. The van der Waals surface area contributed by atoms with Crippen molar-refractivity contribution < 1.29 is 0 Å². The smallest absolute Gasteiger partial charge is 0.0320 e. The van der Waals surface area contributed by atoms with Gasteiger partial charge in [0.15, 0.2) is 0 Å². The first-order valence-corrected chi connectivity index (χ1v) is 7.57. The quantitative estimate of drug-likeness (QED) is 0.811. The number of benzene rings is 1. The van der Waals surface area contributed by atoms with Crippen molar-refractivity contribution in [2.45, 2.75) is 64.3 Å². The first-order valence-electron chi connectivity index (χ1n) is 7.57. The van der Waals surface area contributed by atoms with Gasteiger partial charge in [-0.05, 0) is 35.8 Å². The SMILES string of the molecule is CCC(C)C(N)c1ccc(C2CCCCC2)cc1. The summed E-state index contributed by atoms with van der Waals surface area (Å²) >= 11 is 0. The monoisotopic (exact) mass is 245 g/mol. The topological polar surface area (TPSA) is 26.0 Å². The molecular weight excluding hydrogens is 218 g/mol. The molecule has 2 rings (SSSR count). The second-order valence-electron chi connectivity index (χ2n) is 5.91. The second-order valence-corrected chi connectivity index (χ2v) is 5.91. The molecule has 100 valence electrons. The third-order valence-electron chi connectivity index (χ3n) is 4.65. The summed E-state index contributed by atoms with van der Waals surface area (Å²) in [4.78, 5) is 0. The third kappa shape index (κ3) is 3.14. The van der Waals surface area contributed by atoms with E-state index in [4.69, 9.17) is 5.73 Å². The minimum Gasteiger partial charge on any atom is -0.324 e. The molecule has 0 bridgehead atoms. The third-order valence-corrected chi connectivity index (χ3v) is 4.65. The first kappa shape index (κ1) is 13.6. The lowest BCUT2D eigenvalue weighted by Gasteiger charge is -2.23. The molecule has 1 heteroatoms. The van der Waals surface area contributed by atoms with Crippen LogP contribution in [-0.2, 0) is 0 Å². The summed E-state index contributed by atoms with van der Waals surface area (Å²) in [6.07, 6.45) is 8.12. The molecule has 2 atom stereocenters. The molecule has 1 aromatic rings. The lowest BCUT2D eigenvalue weighted by Crippen LogP contribution is -2.18. The molecule has 1 nitrogen and oxygen atoms in total. The van der Waals surface area contributed by atoms with Crippen LogP contribution < -0.4 is 5.73 Å². The Morgan fingerprint density at radius 2 is 1.72 bits per heavy atom. The van der Waals surface area contributed by atoms with E-state index in [0.29, 0.717) is 5.92 Å². The van der Waals surface area contributed by atoms with Gasteiger partial charge in [-0.1, -0.05) is 63.8 Å². The Morgan fingerprint density at radius 1 is 1.11 bits per heavy atom. The zero-order valence-electron chi connectivity index (χ0n) is 11.9. The largest absolute Gasteiger partial charge is 0.324 e. The van der Waals surface area contributed by atoms with Gasteiger partial charge in [0, 0.05) is 6.04 Å². The normalized spacial score (nSPS) is 20.6. The van der Waals surface area contributed by atoms with Crippen LogP contribution in [0.15, 0.2) is 24.3 Å². The predicted octanol–water partition coefficient (Wildman–Crippen LogP) is 4.78. The number of rotatable bonds is 4. The molecule has 1 aromatic carbocycles. The molecule has 0 aliphatic heterocycles. The average molecular weight is 245 g/mol. The molecule has 2 unspecified atom stereocenters. The highest BCUT2D eigenvalue weighted by atomic mass is 14.6. The van der Waals surface area contributed by atoms with Crippen LogP contribution in [0.5, 0.6) is 0 Å². The Hall–Kier alpha value is -0.820. The van der Waals surface area contributed by atoms with Crippen molar-refractivity contribution in [2.75, 3.05) is 0 Å². The average Bonchev–Trinajstić information content (AvgIpc) is 2.47. The van der Waals surface area contributed by atoms with Gasteiger partial charge in [0.2, 0.25) is 0 Å². The zero-order chi connectivity index (χ0) is 13.0. The van der Waals surface area contributed by atoms with Crippen LogP contribution in [0.25, 0.3) is 0 Å². The van der Waals surface area contributed by atoms with E-state index in [1.165, 1.54) is 43.2 Å². The van der Waals surface area contributed by atoms with Crippen LogP contribution in [0.1, 0.15) is 75.5 Å². The lowest BCUT2D eigenvalue weighted by atomic mass is 9.83. The number of nitrogens with two attached hydrogens (primary N) is 1. The minimum atomic E-state index is 0.190. The van der Waals surface area contributed by atoms with Crippen LogP contribution in [0.4, 0.5) is 0 Å². The van der Waals surface area contributed by atoms with E-state index < -0.39 is 0 Å². The Balaban J connectivity index is 2.04. The molecule has 0 amide bonds. The van der Waals surface area contributed by atoms with Crippen molar-refractivity contribution in [2.24, 2.45) is 11.7 Å². The van der Waals surface area contributed by atoms with Crippen molar-refractivity contribution in [3.8, 4) is 0 Å². The van der Waals surface area contributed by atoms with Crippen LogP contribution in [0, 0.1) is 5.92 Å². The summed E-state index contributed by atoms with van der Waals surface area (Å²) in [5.74, 6) is 1.36. The van der Waals surface area contributed by atoms with E-state index in [0.717, 1.165) is 12.3 Å². The van der Waals surface area contributed by atoms with Crippen LogP contribution in [-0.4, -0.2) is 0 Å². The van der Waals surface area contributed by atoms with E-state index in [1.807, 2.05) is 0 Å². The minimum absolute atomic E-state index is 0.190. The summed E-state index contributed by atoms with van der Waals surface area (Å²) < 4.78 is 0. The number of hydrogen-bond donors (Lipinski definition) is 1. The molecule has 1 saturated carbocycles. The molecule has 18 heavy (non-hydrogen) atoms. The van der Waals surface area contributed by atoms with Crippen molar-refractivity contribution >= 4 is 0 Å². The van der Waals surface area contributed by atoms with E-state index >= 15 is 0 Å². The standard InChI is InChI=1S/C17H27N/c1-3-13(2)17(18)16-11-9-15(10-12-16)14-7-5-4-6-8-14/h9-14,17H,3-8,18H2,1-2H3. The first-order chi connectivity index (χ1) is 8.72. The van der Waals surface area contributed by atoms with Crippen molar-refractivity contribution in [3.05, 3.63) is 35.4 Å². The summed E-state index contributed by atoms with van der Waals surface area (Å²) in [5, 5.41) is 0. The van der Waals surface area contributed by atoms with Gasteiger partial charge >= 0.3 is 0 Å². The van der Waals surface area contributed by atoms with Gasteiger partial charge in [0.1, 0.15) is 0 Å². The van der Waals surface area contributed by atoms with Gasteiger partial charge < -0.3 is 5.73 Å². The molecule has 0 spiro atoms. The van der Waals surface area contributed by atoms with Gasteiger partial charge in [-0.25, -0.2) is 0 Å². The van der Waals surface area contributed by atoms with Gasteiger partial charge in [-0.3, -0.25) is 0 Å². The summed E-state index contributed by atoms with van der Waals surface area (Å²) in [6.45, 7) is 4.45.